The molecular weight excluding hydrogens is 955 g/mol. The number of morpholine rings is 1. The third kappa shape index (κ3) is 9.90. The Morgan fingerprint density at radius 3 is 1.99 bits per heavy atom. The van der Waals surface area contributed by atoms with Gasteiger partial charge in [0, 0.05) is 123 Å². The largest absolute Gasteiger partial charge is 0.394 e. The first kappa shape index (κ1) is 50.2. The molecule has 8 unspecified atom stereocenters. The van der Waals surface area contributed by atoms with E-state index in [-0.39, 0.29) is 78.9 Å². The van der Waals surface area contributed by atoms with Gasteiger partial charge in [-0.05, 0) is 105 Å². The Kier molecular flexibility index (Phi) is 14.0. The Hall–Kier alpha value is -5.95. The van der Waals surface area contributed by atoms with Crippen LogP contribution in [0.3, 0.4) is 0 Å². The summed E-state index contributed by atoms with van der Waals surface area (Å²) in [6.45, 7) is 7.67. The number of ether oxygens (including phenoxy) is 1. The van der Waals surface area contributed by atoms with Crippen LogP contribution in [0.4, 0.5) is 51.7 Å². The number of carbonyl (C=O) groups excluding carboxylic acids is 3. The number of rotatable bonds is 11. The number of hydrogen-bond donors (Lipinski definition) is 5. The van der Waals surface area contributed by atoms with Gasteiger partial charge in [-0.25, -0.2) is 17.6 Å². The van der Waals surface area contributed by atoms with E-state index >= 15 is 13.2 Å². The average Bonchev–Trinajstić information content (AvgIpc) is 4.24. The summed E-state index contributed by atoms with van der Waals surface area (Å²) in [5, 5.41) is 22.9. The van der Waals surface area contributed by atoms with Crippen molar-refractivity contribution >= 4 is 51.8 Å². The SMILES string of the molecule is Cc1ccc(F)c2c1NC(C(=O)Nc1cc(F)cc(N3CCC(N4CC(=O)N(C)C(C5CN(C6CCN(c7cc(F)cc(NC(=O)C8Nc9c(C)ccc(F)c9C8C8CCCCC8)c7)C6)CC(CO)O5)C4)C3)c1)C2. The lowest BCUT2D eigenvalue weighted by molar-refractivity contribution is -0.162. The fourth-order valence-electron chi connectivity index (χ4n) is 13.3. The van der Waals surface area contributed by atoms with Gasteiger partial charge in [-0.1, -0.05) is 31.4 Å². The molecule has 4 aromatic carbocycles. The van der Waals surface area contributed by atoms with Crippen LogP contribution >= 0.6 is 0 Å². The monoisotopic (exact) mass is 1020 g/mol. The molecule has 11 rings (SSSR count). The maximum atomic E-state index is 15.5. The van der Waals surface area contributed by atoms with Gasteiger partial charge >= 0.3 is 0 Å². The summed E-state index contributed by atoms with van der Waals surface area (Å²) >= 11 is 0. The number of aliphatic hydroxyl groups excluding tert-OH is 1. The van der Waals surface area contributed by atoms with Crippen LogP contribution in [0, 0.1) is 43.0 Å². The number of benzene rings is 4. The highest BCUT2D eigenvalue weighted by Crippen LogP contribution is 2.48. The normalized spacial score (nSPS) is 27.5. The molecule has 0 aromatic heterocycles. The number of halogens is 4. The van der Waals surface area contributed by atoms with Gasteiger partial charge in [-0.3, -0.25) is 24.2 Å². The van der Waals surface area contributed by atoms with Crippen molar-refractivity contribution in [2.45, 2.75) is 114 Å². The zero-order valence-electron chi connectivity index (χ0n) is 42.3. The topological polar surface area (TPSA) is 145 Å². The first-order valence-corrected chi connectivity index (χ1v) is 26.5. The summed E-state index contributed by atoms with van der Waals surface area (Å²) in [5.41, 5.74) is 5.94. The van der Waals surface area contributed by atoms with Gasteiger partial charge in [-0.2, -0.15) is 0 Å². The van der Waals surface area contributed by atoms with Crippen molar-refractivity contribution < 1.29 is 41.8 Å². The maximum Gasteiger partial charge on any atom is 0.247 e. The molecule has 0 radical (unpaired) electrons. The highest BCUT2D eigenvalue weighted by molar-refractivity contribution is 6.00. The van der Waals surface area contributed by atoms with Gasteiger partial charge in [0.15, 0.2) is 0 Å². The van der Waals surface area contributed by atoms with E-state index in [1.165, 1.54) is 36.4 Å². The number of aryl methyl sites for hydroxylation is 2. The van der Waals surface area contributed by atoms with Crippen LogP contribution in [-0.4, -0.2) is 146 Å². The molecule has 0 bridgehead atoms. The number of likely N-dealkylation sites (N-methyl/N-ethyl adjacent to an activating group) is 1. The zero-order valence-corrected chi connectivity index (χ0v) is 42.3. The smallest absolute Gasteiger partial charge is 0.247 e. The summed E-state index contributed by atoms with van der Waals surface area (Å²) in [7, 11) is 1.80. The molecule has 0 spiro atoms. The number of carbonyl (C=O) groups is 3. The minimum Gasteiger partial charge on any atom is -0.394 e. The number of anilines is 6. The van der Waals surface area contributed by atoms with E-state index in [1.54, 1.807) is 36.2 Å². The molecule has 18 heteroatoms. The van der Waals surface area contributed by atoms with Crippen LogP contribution in [0.5, 0.6) is 0 Å². The molecule has 1 saturated carbocycles. The molecule has 3 amide bonds. The lowest BCUT2D eigenvalue weighted by atomic mass is 9.74. The second-order valence-electron chi connectivity index (χ2n) is 21.9. The third-order valence-corrected chi connectivity index (χ3v) is 17.2. The highest BCUT2D eigenvalue weighted by Gasteiger charge is 2.46. The number of piperazine rings is 1. The first-order valence-electron chi connectivity index (χ1n) is 26.5. The van der Waals surface area contributed by atoms with Gasteiger partial charge in [0.2, 0.25) is 17.7 Å². The van der Waals surface area contributed by atoms with E-state index in [4.69, 9.17) is 4.74 Å². The second kappa shape index (κ2) is 20.6. The van der Waals surface area contributed by atoms with E-state index < -0.39 is 35.9 Å². The molecule has 8 atom stereocenters. The Balaban J connectivity index is 0.725. The van der Waals surface area contributed by atoms with E-state index in [1.807, 2.05) is 13.8 Å². The Morgan fingerprint density at radius 1 is 0.716 bits per heavy atom. The minimum atomic E-state index is -0.707. The molecule has 6 aliphatic heterocycles. The van der Waals surface area contributed by atoms with Gasteiger partial charge < -0.3 is 45.8 Å². The molecule has 4 saturated heterocycles. The van der Waals surface area contributed by atoms with Crippen LogP contribution < -0.4 is 31.1 Å². The number of nitrogens with one attached hydrogen (secondary N) is 4. The molecule has 394 valence electrons. The number of aliphatic hydroxyl groups is 1. The summed E-state index contributed by atoms with van der Waals surface area (Å²) in [5.74, 6) is -2.59. The van der Waals surface area contributed by atoms with Gasteiger partial charge in [0.1, 0.15) is 35.4 Å². The highest BCUT2D eigenvalue weighted by atomic mass is 19.1. The summed E-state index contributed by atoms with van der Waals surface area (Å²) in [6, 6.07) is 13.6. The van der Waals surface area contributed by atoms with Gasteiger partial charge in [0.05, 0.1) is 31.4 Å². The third-order valence-electron chi connectivity index (χ3n) is 17.2. The zero-order chi connectivity index (χ0) is 51.5. The first-order chi connectivity index (χ1) is 35.7. The standard InChI is InChI=1S/C56H67F4N9O5/c1-31-9-11-44(59)43-23-46(63-52(31)43)55(72)61-36-17-34(57)19-40(21-36)67-16-14-39(25-67)69-27-47(65(3)49(71)29-69)48-28-68(26-42(30-70)74-48)38-13-15-66(24-38)41-20-35(58)18-37(22-41)62-56(73)54-50(33-7-5-4-6-8-33)51-45(60)12-10-32(2)53(51)64-54/h9-12,17-22,33,38-39,42,46-48,50,54,63-64,70H,4-8,13-16,23-30H2,1-3H3,(H,61,72)(H,62,73). The molecule has 1 aliphatic carbocycles. The predicted molar refractivity (Wildman–Crippen MR) is 277 cm³/mol. The second-order valence-corrected chi connectivity index (χ2v) is 21.9. The van der Waals surface area contributed by atoms with Crippen LogP contribution in [0.2, 0.25) is 0 Å². The molecule has 6 heterocycles. The van der Waals surface area contributed by atoms with Crippen molar-refractivity contribution in [2.24, 2.45) is 5.92 Å². The van der Waals surface area contributed by atoms with Crippen molar-refractivity contribution in [1.82, 2.24) is 14.7 Å². The molecule has 74 heavy (non-hydrogen) atoms. The number of nitrogens with zero attached hydrogens (tertiary/aromatic N) is 5. The van der Waals surface area contributed by atoms with Crippen LogP contribution in [0.1, 0.15) is 73.1 Å². The quantitative estimate of drug-likeness (QED) is 0.0993. The molecule has 5 N–H and O–H groups in total. The van der Waals surface area contributed by atoms with Crippen LogP contribution in [0.25, 0.3) is 0 Å². The van der Waals surface area contributed by atoms with E-state index in [9.17, 15) is 23.9 Å². The lowest BCUT2D eigenvalue weighted by Gasteiger charge is -2.49. The van der Waals surface area contributed by atoms with Gasteiger partial charge in [0.25, 0.3) is 0 Å². The van der Waals surface area contributed by atoms with E-state index in [0.29, 0.717) is 91.1 Å². The van der Waals surface area contributed by atoms with Crippen molar-refractivity contribution in [1.29, 1.82) is 0 Å². The van der Waals surface area contributed by atoms with E-state index in [0.717, 1.165) is 56.1 Å². The predicted octanol–water partition coefficient (Wildman–Crippen LogP) is 6.99. The van der Waals surface area contributed by atoms with Crippen molar-refractivity contribution in [3.8, 4) is 0 Å². The number of hydrogen-bond acceptors (Lipinski definition) is 11. The summed E-state index contributed by atoms with van der Waals surface area (Å²) < 4.78 is 67.4. The summed E-state index contributed by atoms with van der Waals surface area (Å²) in [6.07, 6.45) is 5.83. The molecule has 5 fully saturated rings. The van der Waals surface area contributed by atoms with Gasteiger partial charge in [-0.15, -0.1) is 0 Å². The molecule has 14 nitrogen and oxygen atoms in total. The lowest BCUT2D eigenvalue weighted by Crippen LogP contribution is -2.66. The van der Waals surface area contributed by atoms with E-state index in [2.05, 4.69) is 40.9 Å². The van der Waals surface area contributed by atoms with Crippen molar-refractivity contribution in [3.05, 3.63) is 106 Å². The average molecular weight is 1020 g/mol. The Bertz CT molecular complexity index is 2780. The maximum absolute atomic E-state index is 15.5. The number of fused-ring (bicyclic) bond motifs is 2. The Morgan fingerprint density at radius 2 is 1.34 bits per heavy atom. The van der Waals surface area contributed by atoms with Crippen molar-refractivity contribution in [3.63, 3.8) is 0 Å². The molecule has 4 aromatic rings. The molecular formula is C56H67F4N9O5. The summed E-state index contributed by atoms with van der Waals surface area (Å²) in [4.78, 5) is 51.8. The Labute approximate surface area is 429 Å². The van der Waals surface area contributed by atoms with Crippen molar-refractivity contribution in [2.75, 3.05) is 97.1 Å². The van der Waals surface area contributed by atoms with Crippen LogP contribution in [0.15, 0.2) is 60.7 Å². The fraction of sp³-hybridized carbons (Fsp3) is 0.518. The minimum absolute atomic E-state index is 0.0234. The molecule has 7 aliphatic rings. The fourth-order valence-corrected chi connectivity index (χ4v) is 13.3. The van der Waals surface area contributed by atoms with Crippen LogP contribution in [-0.2, 0) is 25.5 Å². The number of amides is 3.